The number of nitrogens with two attached hydrogens (primary N) is 1. The van der Waals surface area contributed by atoms with Gasteiger partial charge in [0.1, 0.15) is 48.1 Å². The lowest BCUT2D eigenvalue weighted by Gasteiger charge is -2.15. The van der Waals surface area contributed by atoms with E-state index >= 15 is 0 Å². The van der Waals surface area contributed by atoms with Crippen molar-refractivity contribution in [2.45, 2.75) is 31.4 Å². The molecule has 0 atom stereocenters. The summed E-state index contributed by atoms with van der Waals surface area (Å²) < 4.78 is 178. The van der Waals surface area contributed by atoms with Gasteiger partial charge in [-0.1, -0.05) is 0 Å². The first-order valence-corrected chi connectivity index (χ1v) is 22.0. The number of anilines is 1. The lowest BCUT2D eigenvalue weighted by atomic mass is 10.0. The third-order valence-electron chi connectivity index (χ3n) is 7.64. The van der Waals surface area contributed by atoms with Gasteiger partial charge in [-0.25, -0.2) is 0 Å². The summed E-state index contributed by atoms with van der Waals surface area (Å²) in [5.74, 6) is -3.15. The fourth-order valence-corrected chi connectivity index (χ4v) is 8.62. The van der Waals surface area contributed by atoms with E-state index in [0.717, 1.165) is 19.1 Å². The number of azo groups is 2. The maximum Gasteiger partial charge on any atom is 0.308 e. The van der Waals surface area contributed by atoms with Crippen LogP contribution in [0.1, 0.15) is 6.92 Å². The largest absolute Gasteiger partial charge is 0.505 e. The Morgan fingerprint density at radius 3 is 1.73 bits per heavy atom. The van der Waals surface area contributed by atoms with Crippen LogP contribution >= 0.6 is 0 Å². The highest BCUT2D eigenvalue weighted by Gasteiger charge is 2.30. The number of fused-ring (bicyclic) bond motifs is 2. The predicted octanol–water partition coefficient (Wildman–Crippen LogP) is 4.18. The van der Waals surface area contributed by atoms with Crippen molar-refractivity contribution in [1.82, 2.24) is 0 Å². The number of non-ortho nitro benzene ring substituents is 1. The second-order valence-corrected chi connectivity index (χ2v) is 18.5. The Morgan fingerprint density at radius 1 is 0.644 bits per heavy atom. The molecule has 0 heterocycles. The topological polar surface area (TPSA) is 437 Å². The smallest absolute Gasteiger partial charge is 0.308 e. The fraction of sp³-hybridized carbons (Fsp3) is 0.0357. The Balaban J connectivity index is 1.84. The van der Waals surface area contributed by atoms with E-state index in [-0.39, 0.29) is 5.39 Å². The molecular formula is C28H20N6O20S5. The van der Waals surface area contributed by atoms with Crippen molar-refractivity contribution in [1.29, 1.82) is 0 Å². The number of phenolic OH excluding ortho intramolecular Hbond substituents is 1. The minimum absolute atomic E-state index is 0.298. The van der Waals surface area contributed by atoms with Gasteiger partial charge in [0.25, 0.3) is 56.3 Å². The first-order valence-electron chi connectivity index (χ1n) is 14.8. The lowest BCUT2D eigenvalue weighted by molar-refractivity contribution is -0.385. The first kappa shape index (κ1) is 44.0. The zero-order chi connectivity index (χ0) is 44.4. The lowest BCUT2D eigenvalue weighted by Crippen LogP contribution is -2.06. The maximum absolute atomic E-state index is 12.7. The molecule has 312 valence electrons. The summed E-state index contributed by atoms with van der Waals surface area (Å²) in [6, 6.07) is 5.31. The molecule has 0 bridgehead atoms. The first-order chi connectivity index (χ1) is 26.9. The molecular weight excluding hydrogens is 901 g/mol. The van der Waals surface area contributed by atoms with Gasteiger partial charge in [0, 0.05) is 41.3 Å². The van der Waals surface area contributed by atoms with Crippen LogP contribution < -0.4 is 10.5 Å². The van der Waals surface area contributed by atoms with Gasteiger partial charge < -0.3 is 15.6 Å². The van der Waals surface area contributed by atoms with Crippen molar-refractivity contribution >= 4 is 112 Å². The van der Waals surface area contributed by atoms with Crippen LogP contribution in [0.2, 0.25) is 0 Å². The summed E-state index contributed by atoms with van der Waals surface area (Å²) in [5, 5.41) is 33.5. The number of nitrogens with zero attached hydrogens (tertiary/aromatic N) is 5. The predicted molar refractivity (Wildman–Crippen MR) is 196 cm³/mol. The van der Waals surface area contributed by atoms with E-state index in [4.69, 9.17) is 10.5 Å². The van der Waals surface area contributed by atoms with Crippen LogP contribution in [-0.4, -0.2) is 80.9 Å². The van der Waals surface area contributed by atoms with Crippen LogP contribution in [0.5, 0.6) is 11.5 Å². The number of rotatable bonds is 11. The fourth-order valence-electron chi connectivity index (χ4n) is 5.29. The maximum atomic E-state index is 12.7. The molecule has 31 heteroatoms. The van der Waals surface area contributed by atoms with Crippen LogP contribution in [0.15, 0.2) is 99.5 Å². The van der Waals surface area contributed by atoms with Gasteiger partial charge in [-0.2, -0.15) is 42.1 Å². The van der Waals surface area contributed by atoms with Crippen molar-refractivity contribution in [3.8, 4) is 11.5 Å². The van der Waals surface area contributed by atoms with E-state index in [1.807, 2.05) is 0 Å². The average molecular weight is 921 g/mol. The number of esters is 1. The number of aromatic hydroxyl groups is 1. The molecule has 8 N–H and O–H groups in total. The number of hydrogen-bond acceptors (Lipinski definition) is 20. The number of ether oxygens (including phenoxy) is 1. The number of hydrogen-bond donors (Lipinski definition) is 7. The monoisotopic (exact) mass is 920 g/mol. The van der Waals surface area contributed by atoms with Crippen molar-refractivity contribution < 1.29 is 84.4 Å². The average Bonchev–Trinajstić information content (AvgIpc) is 3.07. The van der Waals surface area contributed by atoms with Gasteiger partial charge in [-0.05, 0) is 36.4 Å². The molecule has 59 heavy (non-hydrogen) atoms. The van der Waals surface area contributed by atoms with E-state index in [1.165, 1.54) is 0 Å². The Labute approximate surface area is 329 Å². The minimum atomic E-state index is -5.59. The molecule has 0 saturated carbocycles. The highest BCUT2D eigenvalue weighted by Crippen LogP contribution is 2.49. The second-order valence-electron chi connectivity index (χ2n) is 11.5. The van der Waals surface area contributed by atoms with Gasteiger partial charge in [0.05, 0.1) is 20.9 Å². The normalized spacial score (nSPS) is 13.1. The van der Waals surface area contributed by atoms with Gasteiger partial charge in [-0.15, -0.1) is 20.5 Å². The van der Waals surface area contributed by atoms with Gasteiger partial charge >= 0.3 is 5.97 Å². The van der Waals surface area contributed by atoms with Crippen LogP contribution in [0.3, 0.4) is 0 Å². The quantitative estimate of drug-likeness (QED) is 0.0186. The number of nitrogen functional groups attached to an aromatic ring is 1. The van der Waals surface area contributed by atoms with E-state index in [2.05, 4.69) is 20.5 Å². The van der Waals surface area contributed by atoms with Gasteiger partial charge in [0.15, 0.2) is 5.75 Å². The number of carbonyl (C=O) groups is 1. The number of nitro groups is 1. The highest BCUT2D eigenvalue weighted by atomic mass is 32.2. The third-order valence-corrected chi connectivity index (χ3v) is 12.1. The summed E-state index contributed by atoms with van der Waals surface area (Å²) in [6.07, 6.45) is 0. The van der Waals surface area contributed by atoms with Crippen molar-refractivity contribution in [2.75, 3.05) is 5.73 Å². The summed E-state index contributed by atoms with van der Waals surface area (Å²) in [7, 11) is -27.1. The standard InChI is InChI=1S/C28H20N6O20S5/c1-11(35)54-20-8-13(55(39,40)41)7-15-14(20)3-5-18(28(15)59(51,52)53)31-32-19-10-21(56(42,43)44)16-9-23(58(48,49)50)26(27(36)24(16)25(19)29)33-30-17-4-2-12(34(37)38)6-22(17)57(45,46)47/h2-10,36H,29H2,1H3,(H,39,40,41)(H,42,43,44)(H,45,46,47)(H,48,49,50)(H,51,52,53). The molecule has 0 saturated heterocycles. The number of benzene rings is 5. The Kier molecular flexibility index (Phi) is 11.1. The minimum Gasteiger partial charge on any atom is -0.505 e. The number of phenols is 1. The highest BCUT2D eigenvalue weighted by molar-refractivity contribution is 7.87. The van der Waals surface area contributed by atoms with E-state index in [1.54, 1.807) is 0 Å². The summed E-state index contributed by atoms with van der Waals surface area (Å²) >= 11 is 0. The van der Waals surface area contributed by atoms with Gasteiger partial charge in [-0.3, -0.25) is 37.7 Å². The molecule has 0 fully saturated rings. The van der Waals surface area contributed by atoms with Crippen molar-refractivity contribution in [2.24, 2.45) is 20.5 Å². The molecule has 0 unspecified atom stereocenters. The Morgan fingerprint density at radius 2 is 1.20 bits per heavy atom. The molecule has 0 aliphatic carbocycles. The molecule has 0 spiro atoms. The Hall–Kier alpha value is -6.16. The third kappa shape index (κ3) is 8.97. The van der Waals surface area contributed by atoms with Gasteiger partial charge in [0.2, 0.25) is 0 Å². The molecule has 5 rings (SSSR count). The summed E-state index contributed by atoms with van der Waals surface area (Å²) in [4.78, 5) is 15.5. The van der Waals surface area contributed by atoms with E-state index < -0.39 is 148 Å². The van der Waals surface area contributed by atoms with Crippen LogP contribution in [-0.2, 0) is 55.4 Å². The molecule has 0 aromatic heterocycles. The zero-order valence-electron chi connectivity index (χ0n) is 28.4. The molecule has 0 aliphatic rings. The molecule has 0 amide bonds. The molecule has 26 nitrogen and oxygen atoms in total. The second kappa shape index (κ2) is 14.9. The van der Waals surface area contributed by atoms with Crippen LogP contribution in [0.4, 0.5) is 34.1 Å². The summed E-state index contributed by atoms with van der Waals surface area (Å²) in [5.41, 5.74) is 0.350. The van der Waals surface area contributed by atoms with Crippen LogP contribution in [0, 0.1) is 10.1 Å². The molecule has 0 radical (unpaired) electrons. The number of carbonyl (C=O) groups excluding carboxylic acids is 1. The SMILES string of the molecule is CC(=O)Oc1cc(S(=O)(=O)O)cc2c(S(=O)(=O)O)c(N=Nc3cc(S(=O)(=O)O)c4cc(S(=O)(=O)O)c(N=Nc5ccc([N+](=O)[O-])cc5S(=O)(=O)O)c(O)c4c3N)ccc12. The Bertz CT molecular complexity index is 3350. The van der Waals surface area contributed by atoms with E-state index in [9.17, 15) is 84.9 Å². The van der Waals surface area contributed by atoms with E-state index in [0.29, 0.717) is 42.5 Å². The van der Waals surface area contributed by atoms with Crippen molar-refractivity contribution in [3.05, 3.63) is 64.7 Å². The van der Waals surface area contributed by atoms with Crippen molar-refractivity contribution in [3.63, 3.8) is 0 Å². The summed E-state index contributed by atoms with van der Waals surface area (Å²) in [6.45, 7) is 0.888. The van der Waals surface area contributed by atoms with Crippen LogP contribution in [0.25, 0.3) is 21.5 Å². The molecule has 5 aromatic rings. The zero-order valence-corrected chi connectivity index (χ0v) is 32.5. The molecule has 5 aromatic carbocycles. The number of nitro benzene ring substituents is 1. The molecule has 0 aliphatic heterocycles.